The monoisotopic (exact) mass is 305 g/mol. The van der Waals surface area contributed by atoms with Crippen molar-refractivity contribution in [2.24, 2.45) is 12.9 Å². The number of aryl methyl sites for hydroxylation is 1. The number of hydrazine groups is 1. The highest BCUT2D eigenvalue weighted by Crippen LogP contribution is 2.31. The van der Waals surface area contributed by atoms with Gasteiger partial charge in [0, 0.05) is 13.2 Å². The number of halogens is 3. The second kappa shape index (κ2) is 5.42. The molecule has 2 aromatic heterocycles. The quantitative estimate of drug-likeness (QED) is 0.674. The summed E-state index contributed by atoms with van der Waals surface area (Å²) in [6.45, 7) is 0. The molecule has 0 aliphatic heterocycles. The van der Waals surface area contributed by atoms with Crippen molar-refractivity contribution in [3.05, 3.63) is 44.9 Å². The number of rotatable bonds is 3. The SMILES string of the molecule is Cn1ncc(Cl)c1C(NN)c1ncc(Cl)cc1Cl. The van der Waals surface area contributed by atoms with Crippen molar-refractivity contribution in [3.8, 4) is 0 Å². The fourth-order valence-electron chi connectivity index (χ4n) is 1.67. The van der Waals surface area contributed by atoms with Gasteiger partial charge in [-0.3, -0.25) is 15.5 Å². The molecule has 2 aromatic rings. The molecule has 0 aliphatic rings. The third-order valence-electron chi connectivity index (χ3n) is 2.49. The molecule has 0 bridgehead atoms. The van der Waals surface area contributed by atoms with Crippen LogP contribution in [0.3, 0.4) is 0 Å². The van der Waals surface area contributed by atoms with Gasteiger partial charge in [0.05, 0.1) is 32.7 Å². The first-order valence-corrected chi connectivity index (χ1v) is 6.12. The molecular formula is C10H10Cl3N5. The van der Waals surface area contributed by atoms with Crippen LogP contribution >= 0.6 is 34.8 Å². The fraction of sp³-hybridized carbons (Fsp3) is 0.200. The number of nitrogens with zero attached hydrogens (tertiary/aromatic N) is 3. The summed E-state index contributed by atoms with van der Waals surface area (Å²) in [5.74, 6) is 5.56. The van der Waals surface area contributed by atoms with Gasteiger partial charge in [0.2, 0.25) is 0 Å². The molecule has 96 valence electrons. The van der Waals surface area contributed by atoms with E-state index in [1.807, 2.05) is 0 Å². The van der Waals surface area contributed by atoms with Crippen molar-refractivity contribution in [2.75, 3.05) is 0 Å². The number of hydrogen-bond acceptors (Lipinski definition) is 4. The standard InChI is InChI=1S/C10H10Cl3N5/c1-18-10(7(13)4-16-18)9(17-14)8-6(12)2-5(11)3-15-8/h2-4,9,17H,14H2,1H3. The molecular weight excluding hydrogens is 297 g/mol. The zero-order valence-corrected chi connectivity index (χ0v) is 11.6. The molecule has 0 saturated carbocycles. The van der Waals surface area contributed by atoms with Crippen LogP contribution in [0.1, 0.15) is 17.4 Å². The minimum absolute atomic E-state index is 0.405. The van der Waals surface area contributed by atoms with E-state index in [0.29, 0.717) is 26.5 Å². The van der Waals surface area contributed by atoms with Gasteiger partial charge in [-0.2, -0.15) is 5.10 Å². The van der Waals surface area contributed by atoms with Crippen LogP contribution in [0.25, 0.3) is 0 Å². The molecule has 0 aromatic carbocycles. The van der Waals surface area contributed by atoms with Crippen LogP contribution in [0.5, 0.6) is 0 Å². The number of aromatic nitrogens is 3. The molecule has 3 N–H and O–H groups in total. The van der Waals surface area contributed by atoms with Crippen molar-refractivity contribution in [1.29, 1.82) is 0 Å². The normalized spacial score (nSPS) is 12.7. The molecule has 1 unspecified atom stereocenters. The highest BCUT2D eigenvalue weighted by molar-refractivity contribution is 6.35. The summed E-state index contributed by atoms with van der Waals surface area (Å²) in [7, 11) is 1.76. The number of pyridine rings is 1. The van der Waals surface area contributed by atoms with E-state index in [-0.39, 0.29) is 0 Å². The lowest BCUT2D eigenvalue weighted by Gasteiger charge is -2.17. The molecule has 2 rings (SSSR count). The minimum Gasteiger partial charge on any atom is -0.270 e. The second-order valence-corrected chi connectivity index (χ2v) is 4.87. The molecule has 5 nitrogen and oxygen atoms in total. The molecule has 2 heterocycles. The van der Waals surface area contributed by atoms with E-state index >= 15 is 0 Å². The van der Waals surface area contributed by atoms with Crippen LogP contribution in [0.4, 0.5) is 0 Å². The predicted molar refractivity (Wildman–Crippen MR) is 71.6 cm³/mol. The Morgan fingerprint density at radius 3 is 2.50 bits per heavy atom. The highest BCUT2D eigenvalue weighted by atomic mass is 35.5. The summed E-state index contributed by atoms with van der Waals surface area (Å²) in [5, 5.41) is 5.39. The average molecular weight is 307 g/mol. The zero-order chi connectivity index (χ0) is 13.3. The Kier molecular flexibility index (Phi) is 4.09. The van der Waals surface area contributed by atoms with Crippen molar-refractivity contribution < 1.29 is 0 Å². The van der Waals surface area contributed by atoms with Crippen LogP contribution in [0, 0.1) is 0 Å². The van der Waals surface area contributed by atoms with Crippen molar-refractivity contribution in [3.63, 3.8) is 0 Å². The number of nitrogens with one attached hydrogen (secondary N) is 1. The maximum Gasteiger partial charge on any atom is 0.108 e. The molecule has 0 radical (unpaired) electrons. The Morgan fingerprint density at radius 2 is 2.00 bits per heavy atom. The minimum atomic E-state index is -0.463. The van der Waals surface area contributed by atoms with Gasteiger partial charge in [0.15, 0.2) is 0 Å². The van der Waals surface area contributed by atoms with Crippen LogP contribution < -0.4 is 11.3 Å². The van der Waals surface area contributed by atoms with Gasteiger partial charge < -0.3 is 0 Å². The van der Waals surface area contributed by atoms with Crippen LogP contribution in [0.15, 0.2) is 18.5 Å². The van der Waals surface area contributed by atoms with Gasteiger partial charge in [-0.1, -0.05) is 34.8 Å². The van der Waals surface area contributed by atoms with E-state index in [2.05, 4.69) is 15.5 Å². The highest BCUT2D eigenvalue weighted by Gasteiger charge is 2.23. The molecule has 0 amide bonds. The Labute approximate surface area is 119 Å². The van der Waals surface area contributed by atoms with Crippen molar-refractivity contribution >= 4 is 34.8 Å². The van der Waals surface area contributed by atoms with Gasteiger partial charge in [0.1, 0.15) is 6.04 Å². The lowest BCUT2D eigenvalue weighted by Crippen LogP contribution is -2.31. The lowest BCUT2D eigenvalue weighted by molar-refractivity contribution is 0.564. The Balaban J connectivity index is 2.52. The number of hydrogen-bond donors (Lipinski definition) is 2. The Morgan fingerprint density at radius 1 is 1.28 bits per heavy atom. The third-order valence-corrected chi connectivity index (χ3v) is 3.29. The van der Waals surface area contributed by atoms with E-state index in [9.17, 15) is 0 Å². The number of nitrogens with two attached hydrogens (primary N) is 1. The first-order valence-electron chi connectivity index (χ1n) is 4.99. The first kappa shape index (κ1) is 13.6. The Bertz CT molecular complexity index is 549. The topological polar surface area (TPSA) is 68.8 Å². The van der Waals surface area contributed by atoms with Gasteiger partial charge in [0.25, 0.3) is 0 Å². The van der Waals surface area contributed by atoms with E-state index in [1.165, 1.54) is 12.4 Å². The van der Waals surface area contributed by atoms with E-state index in [0.717, 1.165) is 0 Å². The van der Waals surface area contributed by atoms with E-state index in [1.54, 1.807) is 17.8 Å². The van der Waals surface area contributed by atoms with Crippen molar-refractivity contribution in [2.45, 2.75) is 6.04 Å². The maximum atomic E-state index is 6.11. The Hall–Kier alpha value is -0.850. The third kappa shape index (κ3) is 2.46. The molecule has 8 heteroatoms. The molecule has 0 fully saturated rings. The van der Waals surface area contributed by atoms with Crippen LogP contribution in [0.2, 0.25) is 15.1 Å². The smallest absolute Gasteiger partial charge is 0.108 e. The van der Waals surface area contributed by atoms with E-state index in [4.69, 9.17) is 40.6 Å². The fourth-order valence-corrected chi connectivity index (χ4v) is 2.43. The van der Waals surface area contributed by atoms with Crippen LogP contribution in [-0.2, 0) is 7.05 Å². The molecule has 18 heavy (non-hydrogen) atoms. The summed E-state index contributed by atoms with van der Waals surface area (Å²) in [4.78, 5) is 4.18. The summed E-state index contributed by atoms with van der Waals surface area (Å²) < 4.78 is 1.61. The van der Waals surface area contributed by atoms with Gasteiger partial charge in [-0.25, -0.2) is 5.43 Å². The largest absolute Gasteiger partial charge is 0.270 e. The summed E-state index contributed by atoms with van der Waals surface area (Å²) in [6, 6.07) is 1.13. The summed E-state index contributed by atoms with van der Waals surface area (Å²) in [6.07, 6.45) is 3.03. The second-order valence-electron chi connectivity index (χ2n) is 3.62. The van der Waals surface area contributed by atoms with E-state index < -0.39 is 6.04 Å². The maximum absolute atomic E-state index is 6.11. The van der Waals surface area contributed by atoms with Gasteiger partial charge in [-0.15, -0.1) is 0 Å². The first-order chi connectivity index (χ1) is 8.54. The van der Waals surface area contributed by atoms with Gasteiger partial charge in [-0.05, 0) is 6.07 Å². The lowest BCUT2D eigenvalue weighted by atomic mass is 10.1. The molecule has 0 spiro atoms. The van der Waals surface area contributed by atoms with Crippen molar-refractivity contribution in [1.82, 2.24) is 20.2 Å². The van der Waals surface area contributed by atoms with Crippen LogP contribution in [-0.4, -0.2) is 14.8 Å². The summed E-state index contributed by atoms with van der Waals surface area (Å²) in [5.41, 5.74) is 3.84. The zero-order valence-electron chi connectivity index (χ0n) is 9.36. The molecule has 0 saturated heterocycles. The van der Waals surface area contributed by atoms with Gasteiger partial charge >= 0.3 is 0 Å². The molecule has 1 atom stereocenters. The summed E-state index contributed by atoms with van der Waals surface area (Å²) >= 11 is 18.0. The predicted octanol–water partition coefficient (Wildman–Crippen LogP) is 2.33. The average Bonchev–Trinajstić information content (AvgIpc) is 2.64. The molecule has 0 aliphatic carbocycles.